The molecule has 1 saturated carbocycles. The first-order valence-electron chi connectivity index (χ1n) is 6.36. The van der Waals surface area contributed by atoms with E-state index in [2.05, 4.69) is 15.3 Å². The van der Waals surface area contributed by atoms with Gasteiger partial charge in [0.05, 0.1) is 5.02 Å². The van der Waals surface area contributed by atoms with Gasteiger partial charge in [-0.2, -0.15) is 4.98 Å². The lowest BCUT2D eigenvalue weighted by Gasteiger charge is -2.10. The highest BCUT2D eigenvalue weighted by Gasteiger charge is 2.27. The summed E-state index contributed by atoms with van der Waals surface area (Å²) in [5, 5.41) is 3.85. The molecule has 0 bridgehead atoms. The van der Waals surface area contributed by atoms with Crippen LogP contribution in [-0.2, 0) is 0 Å². The minimum absolute atomic E-state index is 0.381. The Kier molecular flexibility index (Phi) is 3.68. The summed E-state index contributed by atoms with van der Waals surface area (Å²) >= 11 is 12.1. The van der Waals surface area contributed by atoms with Gasteiger partial charge in [-0.05, 0) is 25.0 Å². The number of benzene rings is 1. The Balaban J connectivity index is 1.93. The maximum atomic E-state index is 6.12. The third-order valence-corrected chi connectivity index (χ3v) is 3.85. The maximum Gasteiger partial charge on any atom is 0.224 e. The van der Waals surface area contributed by atoms with Gasteiger partial charge in [-0.15, -0.1) is 0 Å². The highest BCUT2D eigenvalue weighted by Crippen LogP contribution is 2.40. The minimum atomic E-state index is 0.381. The molecule has 6 heteroatoms. The average molecular weight is 310 g/mol. The van der Waals surface area contributed by atoms with E-state index in [-0.39, 0.29) is 0 Å². The predicted molar refractivity (Wildman–Crippen MR) is 80.1 cm³/mol. The quantitative estimate of drug-likeness (QED) is 0.903. The van der Waals surface area contributed by atoms with Crippen molar-refractivity contribution in [2.75, 3.05) is 12.4 Å². The van der Waals surface area contributed by atoms with Gasteiger partial charge in [0.1, 0.15) is 22.4 Å². The van der Waals surface area contributed by atoms with Crippen LogP contribution in [0.1, 0.15) is 24.6 Å². The molecular formula is C14H13Cl2N3O. The molecule has 0 unspecified atom stereocenters. The standard InChI is InChI=1S/C14H13Cl2N3O/c1-17-11-7-12(19-14(18-11)8-5-6-8)20-10-4-2-3-9(15)13(10)16/h2-4,7-8H,5-6H2,1H3,(H,17,18,19). The van der Waals surface area contributed by atoms with Crippen molar-refractivity contribution in [3.63, 3.8) is 0 Å². The molecule has 0 spiro atoms. The second-order valence-electron chi connectivity index (χ2n) is 4.63. The number of anilines is 1. The zero-order chi connectivity index (χ0) is 14.1. The zero-order valence-electron chi connectivity index (χ0n) is 10.9. The maximum absolute atomic E-state index is 6.12. The molecule has 0 atom stereocenters. The van der Waals surface area contributed by atoms with E-state index in [9.17, 15) is 0 Å². The summed E-state index contributed by atoms with van der Waals surface area (Å²) in [6.07, 6.45) is 2.26. The molecule has 0 saturated heterocycles. The Hall–Kier alpha value is -1.52. The van der Waals surface area contributed by atoms with Crippen molar-refractivity contribution >= 4 is 29.0 Å². The molecule has 20 heavy (non-hydrogen) atoms. The van der Waals surface area contributed by atoms with E-state index in [1.54, 1.807) is 24.3 Å². The van der Waals surface area contributed by atoms with Gasteiger partial charge in [-0.25, -0.2) is 4.98 Å². The summed E-state index contributed by atoms with van der Waals surface area (Å²) in [5.74, 6) is 2.94. The van der Waals surface area contributed by atoms with Crippen LogP contribution in [0.25, 0.3) is 0 Å². The van der Waals surface area contributed by atoms with Gasteiger partial charge in [-0.3, -0.25) is 0 Å². The lowest BCUT2D eigenvalue weighted by Crippen LogP contribution is -2.01. The van der Waals surface area contributed by atoms with Crippen LogP contribution in [0.3, 0.4) is 0 Å². The van der Waals surface area contributed by atoms with E-state index in [0.29, 0.717) is 27.6 Å². The number of halogens is 2. The highest BCUT2D eigenvalue weighted by molar-refractivity contribution is 6.42. The lowest BCUT2D eigenvalue weighted by molar-refractivity contribution is 0.459. The number of ether oxygens (including phenoxy) is 1. The molecule has 1 aliphatic carbocycles. The molecule has 1 aromatic heterocycles. The molecule has 104 valence electrons. The first kappa shape index (κ1) is 13.5. The van der Waals surface area contributed by atoms with Gasteiger partial charge in [-0.1, -0.05) is 29.3 Å². The number of rotatable bonds is 4. The van der Waals surface area contributed by atoms with E-state index in [1.807, 2.05) is 7.05 Å². The third kappa shape index (κ3) is 2.81. The van der Waals surface area contributed by atoms with E-state index < -0.39 is 0 Å². The summed E-state index contributed by atoms with van der Waals surface area (Å²) < 4.78 is 5.74. The number of hydrogen-bond donors (Lipinski definition) is 1. The Morgan fingerprint density at radius 2 is 2.05 bits per heavy atom. The van der Waals surface area contributed by atoms with E-state index in [1.165, 1.54) is 0 Å². The van der Waals surface area contributed by atoms with Crippen LogP contribution >= 0.6 is 23.2 Å². The van der Waals surface area contributed by atoms with Gasteiger partial charge < -0.3 is 10.1 Å². The molecular weight excluding hydrogens is 297 g/mol. The second kappa shape index (κ2) is 5.46. The molecule has 1 fully saturated rings. The number of hydrogen-bond acceptors (Lipinski definition) is 4. The molecule has 2 aromatic rings. The molecule has 4 nitrogen and oxygen atoms in total. The van der Waals surface area contributed by atoms with Gasteiger partial charge in [0, 0.05) is 19.0 Å². The summed E-state index contributed by atoms with van der Waals surface area (Å²) in [6.45, 7) is 0. The molecule has 1 heterocycles. The van der Waals surface area contributed by atoms with Crippen molar-refractivity contribution in [1.29, 1.82) is 0 Å². The largest absolute Gasteiger partial charge is 0.437 e. The Morgan fingerprint density at radius 3 is 2.75 bits per heavy atom. The van der Waals surface area contributed by atoms with Crippen LogP contribution in [0.15, 0.2) is 24.3 Å². The van der Waals surface area contributed by atoms with Crippen LogP contribution in [0.5, 0.6) is 11.6 Å². The van der Waals surface area contributed by atoms with E-state index in [0.717, 1.165) is 24.5 Å². The summed E-state index contributed by atoms with van der Waals surface area (Å²) in [4.78, 5) is 8.87. The van der Waals surface area contributed by atoms with Crippen molar-refractivity contribution in [2.24, 2.45) is 0 Å². The molecule has 1 aliphatic rings. The summed E-state index contributed by atoms with van der Waals surface area (Å²) in [7, 11) is 1.81. The van der Waals surface area contributed by atoms with Crippen molar-refractivity contribution in [3.05, 3.63) is 40.1 Å². The van der Waals surface area contributed by atoms with Crippen LogP contribution in [-0.4, -0.2) is 17.0 Å². The van der Waals surface area contributed by atoms with E-state index >= 15 is 0 Å². The van der Waals surface area contributed by atoms with Crippen LogP contribution in [0.2, 0.25) is 10.0 Å². The van der Waals surface area contributed by atoms with Gasteiger partial charge in [0.25, 0.3) is 0 Å². The molecule has 0 radical (unpaired) electrons. The van der Waals surface area contributed by atoms with Crippen molar-refractivity contribution in [3.8, 4) is 11.6 Å². The Morgan fingerprint density at radius 1 is 1.25 bits per heavy atom. The zero-order valence-corrected chi connectivity index (χ0v) is 12.4. The Bertz CT molecular complexity index is 644. The molecule has 1 N–H and O–H groups in total. The number of aromatic nitrogens is 2. The van der Waals surface area contributed by atoms with Gasteiger partial charge in [0.15, 0.2) is 0 Å². The van der Waals surface area contributed by atoms with E-state index in [4.69, 9.17) is 27.9 Å². The first-order chi connectivity index (χ1) is 9.67. The molecule has 3 rings (SSSR count). The topological polar surface area (TPSA) is 47.0 Å². The van der Waals surface area contributed by atoms with Crippen LogP contribution < -0.4 is 10.1 Å². The third-order valence-electron chi connectivity index (χ3n) is 3.05. The number of nitrogens with zero attached hydrogens (tertiary/aromatic N) is 2. The molecule has 1 aromatic carbocycles. The SMILES string of the molecule is CNc1cc(Oc2cccc(Cl)c2Cl)nc(C2CC2)n1. The number of nitrogens with one attached hydrogen (secondary N) is 1. The fourth-order valence-electron chi connectivity index (χ4n) is 1.82. The Labute approximate surface area is 127 Å². The average Bonchev–Trinajstić information content (AvgIpc) is 3.28. The second-order valence-corrected chi connectivity index (χ2v) is 5.41. The predicted octanol–water partition coefficient (Wildman–Crippen LogP) is 4.49. The fourth-order valence-corrected chi connectivity index (χ4v) is 2.15. The minimum Gasteiger partial charge on any atom is -0.437 e. The van der Waals surface area contributed by atoms with Gasteiger partial charge >= 0.3 is 0 Å². The monoisotopic (exact) mass is 309 g/mol. The van der Waals surface area contributed by atoms with Crippen LogP contribution in [0.4, 0.5) is 5.82 Å². The summed E-state index contributed by atoms with van der Waals surface area (Å²) in [6, 6.07) is 6.99. The highest BCUT2D eigenvalue weighted by atomic mass is 35.5. The molecule has 0 amide bonds. The smallest absolute Gasteiger partial charge is 0.224 e. The fraction of sp³-hybridized carbons (Fsp3) is 0.286. The van der Waals surface area contributed by atoms with Crippen molar-refractivity contribution in [2.45, 2.75) is 18.8 Å². The van der Waals surface area contributed by atoms with Crippen molar-refractivity contribution in [1.82, 2.24) is 9.97 Å². The molecule has 0 aliphatic heterocycles. The summed E-state index contributed by atoms with van der Waals surface area (Å²) in [5.41, 5.74) is 0. The first-order valence-corrected chi connectivity index (χ1v) is 7.11. The lowest BCUT2D eigenvalue weighted by atomic mass is 10.3. The van der Waals surface area contributed by atoms with Gasteiger partial charge in [0.2, 0.25) is 5.88 Å². The van der Waals surface area contributed by atoms with Crippen LogP contribution in [0, 0.1) is 0 Å². The van der Waals surface area contributed by atoms with Crippen molar-refractivity contribution < 1.29 is 4.74 Å². The normalized spacial score (nSPS) is 14.2.